The molecule has 2 aromatic carbocycles. The number of alkyl halides is 1. The lowest BCUT2D eigenvalue weighted by atomic mass is 10.0. The van der Waals surface area contributed by atoms with E-state index in [0.29, 0.717) is 35.3 Å². The molecule has 0 amide bonds. The number of ether oxygens (including phenoxy) is 2. The van der Waals surface area contributed by atoms with Crippen molar-refractivity contribution in [2.45, 2.75) is 11.8 Å². The van der Waals surface area contributed by atoms with Gasteiger partial charge in [-0.05, 0) is 24.6 Å². The fraction of sp³-hybridized carbons (Fsp3) is 0.250. The number of fused-ring (bicyclic) bond motifs is 1. The van der Waals surface area contributed by atoms with Gasteiger partial charge >= 0.3 is 0 Å². The minimum Gasteiger partial charge on any atom is -0.486 e. The average Bonchev–Trinajstić information content (AvgIpc) is 2.50. The van der Waals surface area contributed by atoms with Crippen LogP contribution in [0.25, 0.3) is 0 Å². The van der Waals surface area contributed by atoms with Gasteiger partial charge in [0.25, 0.3) is 0 Å². The summed E-state index contributed by atoms with van der Waals surface area (Å²) in [6, 6.07) is 10.2. The van der Waals surface area contributed by atoms with Crippen LogP contribution in [0.15, 0.2) is 36.4 Å². The molecule has 110 valence electrons. The van der Waals surface area contributed by atoms with Gasteiger partial charge in [0.2, 0.25) is 0 Å². The summed E-state index contributed by atoms with van der Waals surface area (Å²) in [7, 11) is 0. The number of benzene rings is 2. The van der Waals surface area contributed by atoms with Crippen molar-refractivity contribution in [1.29, 1.82) is 0 Å². The highest BCUT2D eigenvalue weighted by Crippen LogP contribution is 2.41. The molecule has 0 saturated carbocycles. The predicted molar refractivity (Wildman–Crippen MR) is 81.1 cm³/mol. The second-order valence-electron chi connectivity index (χ2n) is 4.74. The Bertz CT molecular complexity index is 640. The van der Waals surface area contributed by atoms with Crippen LogP contribution in [-0.4, -0.2) is 13.2 Å². The van der Waals surface area contributed by atoms with Crippen molar-refractivity contribution in [3.63, 3.8) is 0 Å². The quantitative estimate of drug-likeness (QED) is 0.756. The van der Waals surface area contributed by atoms with Gasteiger partial charge in [0.1, 0.15) is 19.0 Å². The minimum atomic E-state index is -0.448. The molecule has 1 aliphatic rings. The summed E-state index contributed by atoms with van der Waals surface area (Å²) in [4.78, 5) is 0. The first-order valence-electron chi connectivity index (χ1n) is 6.62. The first kappa shape index (κ1) is 14.5. The lowest BCUT2D eigenvalue weighted by Crippen LogP contribution is -2.17. The third-order valence-corrected chi connectivity index (χ3v) is 4.12. The SMILES string of the molecule is Fc1cccc(Cl)c1CC(Cl)c1cccc2c1OCCO2. The molecule has 0 saturated heterocycles. The molecule has 1 atom stereocenters. The van der Waals surface area contributed by atoms with Crippen molar-refractivity contribution in [3.05, 3.63) is 58.4 Å². The van der Waals surface area contributed by atoms with Crippen molar-refractivity contribution in [3.8, 4) is 11.5 Å². The summed E-state index contributed by atoms with van der Waals surface area (Å²) < 4.78 is 25.0. The number of hydrogen-bond donors (Lipinski definition) is 0. The van der Waals surface area contributed by atoms with Gasteiger partial charge in [-0.2, -0.15) is 0 Å². The topological polar surface area (TPSA) is 18.5 Å². The molecule has 1 unspecified atom stereocenters. The van der Waals surface area contributed by atoms with E-state index in [-0.39, 0.29) is 12.2 Å². The Labute approximate surface area is 132 Å². The minimum absolute atomic E-state index is 0.285. The largest absolute Gasteiger partial charge is 0.486 e. The van der Waals surface area contributed by atoms with Crippen LogP contribution < -0.4 is 9.47 Å². The molecule has 2 aromatic rings. The van der Waals surface area contributed by atoms with E-state index in [9.17, 15) is 4.39 Å². The second-order valence-corrected chi connectivity index (χ2v) is 5.68. The molecule has 0 spiro atoms. The molecule has 0 bridgehead atoms. The molecule has 0 aromatic heterocycles. The maximum atomic E-state index is 13.9. The molecule has 0 N–H and O–H groups in total. The molecular formula is C16H13Cl2FO2. The highest BCUT2D eigenvalue weighted by Gasteiger charge is 2.22. The van der Waals surface area contributed by atoms with Gasteiger partial charge in [0.15, 0.2) is 11.5 Å². The van der Waals surface area contributed by atoms with Gasteiger partial charge in [-0.25, -0.2) is 4.39 Å². The van der Waals surface area contributed by atoms with Crippen molar-refractivity contribution in [2.24, 2.45) is 0 Å². The third kappa shape index (κ3) is 2.94. The highest BCUT2D eigenvalue weighted by atomic mass is 35.5. The molecule has 21 heavy (non-hydrogen) atoms. The van der Waals surface area contributed by atoms with Crippen molar-refractivity contribution < 1.29 is 13.9 Å². The van der Waals surface area contributed by atoms with Crippen LogP contribution in [0.3, 0.4) is 0 Å². The Hall–Kier alpha value is -1.45. The summed E-state index contributed by atoms with van der Waals surface area (Å²) in [6.45, 7) is 0.997. The van der Waals surface area contributed by atoms with Crippen LogP contribution in [0.1, 0.15) is 16.5 Å². The normalized spacial score (nSPS) is 14.8. The number of para-hydroxylation sites is 1. The fourth-order valence-electron chi connectivity index (χ4n) is 2.36. The van der Waals surface area contributed by atoms with Crippen molar-refractivity contribution in [1.82, 2.24) is 0 Å². The molecule has 0 fully saturated rings. The monoisotopic (exact) mass is 326 g/mol. The Morgan fingerprint density at radius 1 is 1.10 bits per heavy atom. The summed E-state index contributed by atoms with van der Waals surface area (Å²) in [6.07, 6.45) is 0.285. The molecule has 3 rings (SSSR count). The lowest BCUT2D eigenvalue weighted by molar-refractivity contribution is 0.170. The Kier molecular flexibility index (Phi) is 4.22. The van der Waals surface area contributed by atoms with E-state index in [4.69, 9.17) is 32.7 Å². The molecule has 1 heterocycles. The van der Waals surface area contributed by atoms with Crippen LogP contribution >= 0.6 is 23.2 Å². The Morgan fingerprint density at radius 3 is 2.67 bits per heavy atom. The van der Waals surface area contributed by atoms with E-state index >= 15 is 0 Å². The number of rotatable bonds is 3. The first-order valence-corrected chi connectivity index (χ1v) is 7.43. The molecule has 0 radical (unpaired) electrons. The van der Waals surface area contributed by atoms with Crippen LogP contribution in [0, 0.1) is 5.82 Å². The van der Waals surface area contributed by atoms with Gasteiger partial charge in [0, 0.05) is 16.1 Å². The zero-order valence-electron chi connectivity index (χ0n) is 11.1. The fourth-order valence-corrected chi connectivity index (χ4v) is 2.93. The van der Waals surface area contributed by atoms with Gasteiger partial charge < -0.3 is 9.47 Å². The summed E-state index contributed by atoms with van der Waals surface area (Å²) in [5, 5.41) is -0.0707. The first-order chi connectivity index (χ1) is 10.2. The molecular weight excluding hydrogens is 314 g/mol. The zero-order valence-corrected chi connectivity index (χ0v) is 12.6. The van der Waals surface area contributed by atoms with Crippen LogP contribution in [0.2, 0.25) is 5.02 Å². The lowest BCUT2D eigenvalue weighted by Gasteiger charge is -2.23. The number of halogens is 3. The smallest absolute Gasteiger partial charge is 0.166 e. The standard InChI is InChI=1S/C16H13Cl2FO2/c17-12-4-2-5-14(19)11(12)9-13(18)10-3-1-6-15-16(10)21-8-7-20-15/h1-6,13H,7-9H2. The van der Waals surface area contributed by atoms with Gasteiger partial charge in [-0.1, -0.05) is 29.8 Å². The van der Waals surface area contributed by atoms with Gasteiger partial charge in [0.05, 0.1) is 5.38 Å². The van der Waals surface area contributed by atoms with Crippen LogP contribution in [0.4, 0.5) is 4.39 Å². The zero-order chi connectivity index (χ0) is 14.8. The average molecular weight is 327 g/mol. The van der Waals surface area contributed by atoms with Crippen LogP contribution in [0.5, 0.6) is 11.5 Å². The maximum Gasteiger partial charge on any atom is 0.166 e. The molecule has 2 nitrogen and oxygen atoms in total. The highest BCUT2D eigenvalue weighted by molar-refractivity contribution is 6.31. The van der Waals surface area contributed by atoms with E-state index in [1.807, 2.05) is 18.2 Å². The predicted octanol–water partition coefficient (Wildman–Crippen LogP) is 4.77. The molecule has 1 aliphatic heterocycles. The summed E-state index contributed by atoms with van der Waals surface area (Å²) in [5.74, 6) is 0.954. The third-order valence-electron chi connectivity index (χ3n) is 3.38. The summed E-state index contributed by atoms with van der Waals surface area (Å²) >= 11 is 12.5. The Morgan fingerprint density at radius 2 is 1.86 bits per heavy atom. The maximum absolute atomic E-state index is 13.9. The van der Waals surface area contributed by atoms with Crippen molar-refractivity contribution >= 4 is 23.2 Å². The summed E-state index contributed by atoms with van der Waals surface area (Å²) in [5.41, 5.74) is 1.20. The van der Waals surface area contributed by atoms with E-state index in [0.717, 1.165) is 5.56 Å². The number of hydrogen-bond acceptors (Lipinski definition) is 2. The van der Waals surface area contributed by atoms with E-state index in [2.05, 4.69) is 0 Å². The van der Waals surface area contributed by atoms with Gasteiger partial charge in [-0.15, -0.1) is 11.6 Å². The Balaban J connectivity index is 1.91. The van der Waals surface area contributed by atoms with E-state index in [1.54, 1.807) is 12.1 Å². The van der Waals surface area contributed by atoms with Crippen molar-refractivity contribution in [2.75, 3.05) is 13.2 Å². The molecule has 5 heteroatoms. The van der Waals surface area contributed by atoms with E-state index < -0.39 is 5.38 Å². The van der Waals surface area contributed by atoms with E-state index in [1.165, 1.54) is 6.07 Å². The second kappa shape index (κ2) is 6.12. The van der Waals surface area contributed by atoms with Crippen LogP contribution in [-0.2, 0) is 6.42 Å². The molecule has 0 aliphatic carbocycles. The van der Waals surface area contributed by atoms with Gasteiger partial charge in [-0.3, -0.25) is 0 Å².